The predicted molar refractivity (Wildman–Crippen MR) is 215 cm³/mol. The van der Waals surface area contributed by atoms with Gasteiger partial charge in [-0.1, -0.05) is 124 Å². The van der Waals surface area contributed by atoms with Gasteiger partial charge in [-0.25, -0.2) is 4.98 Å². The van der Waals surface area contributed by atoms with Crippen LogP contribution in [0.4, 0.5) is 0 Å². The number of hydrogen-bond acceptors (Lipinski definition) is 5. The van der Waals surface area contributed by atoms with Gasteiger partial charge in [0.1, 0.15) is 12.1 Å². The van der Waals surface area contributed by atoms with Gasteiger partial charge in [-0.3, -0.25) is 9.78 Å². The summed E-state index contributed by atoms with van der Waals surface area (Å²) >= 11 is 1.89. The van der Waals surface area contributed by atoms with Gasteiger partial charge in [-0.2, -0.15) is 0 Å². The summed E-state index contributed by atoms with van der Waals surface area (Å²) in [6.45, 7) is 23.4. The molecule has 5 aromatic rings. The number of aromatic nitrogens is 2. The van der Waals surface area contributed by atoms with Gasteiger partial charge in [0.2, 0.25) is 0 Å². The van der Waals surface area contributed by atoms with E-state index < -0.39 is 0 Å². The first-order valence-electron chi connectivity index (χ1n) is 18.3. The summed E-state index contributed by atoms with van der Waals surface area (Å²) in [5, 5.41) is 13.8. The van der Waals surface area contributed by atoms with Crippen LogP contribution in [0.3, 0.4) is 0 Å². The van der Waals surface area contributed by atoms with Crippen LogP contribution in [0.1, 0.15) is 112 Å². The van der Waals surface area contributed by atoms with Crippen molar-refractivity contribution in [2.45, 2.75) is 114 Å². The molecule has 4 nitrogen and oxygen atoms in total. The fourth-order valence-electron chi connectivity index (χ4n) is 6.15. The van der Waals surface area contributed by atoms with E-state index in [-0.39, 0.29) is 47.9 Å². The molecule has 275 valence electrons. The van der Waals surface area contributed by atoms with Gasteiger partial charge in [0.25, 0.3) is 0 Å². The second-order valence-corrected chi connectivity index (χ2v) is 16.8. The van der Waals surface area contributed by atoms with E-state index in [0.717, 1.165) is 54.4 Å². The molecule has 51 heavy (non-hydrogen) atoms. The van der Waals surface area contributed by atoms with E-state index in [1.165, 1.54) is 37.6 Å². The van der Waals surface area contributed by atoms with E-state index in [0.29, 0.717) is 5.92 Å². The fourth-order valence-corrected chi connectivity index (χ4v) is 7.54. The molecule has 2 heterocycles. The molecule has 2 aromatic heterocycles. The molecule has 0 aliphatic carbocycles. The molecule has 0 atom stereocenters. The third-order valence-corrected chi connectivity index (χ3v) is 11.8. The molecular formula is C45H57IrN2O2S-. The van der Waals surface area contributed by atoms with Gasteiger partial charge < -0.3 is 5.11 Å². The van der Waals surface area contributed by atoms with E-state index in [4.69, 9.17) is 0 Å². The van der Waals surface area contributed by atoms with Crippen molar-refractivity contribution in [3.63, 3.8) is 0 Å². The molecule has 3 aromatic carbocycles. The first kappa shape index (κ1) is 42.2. The maximum absolute atomic E-state index is 12.2. The number of fused-ring (bicyclic) bond motifs is 2. The number of carbonyl (C=O) groups excluding carboxylic acids is 1. The van der Waals surface area contributed by atoms with Crippen LogP contribution in [0.2, 0.25) is 0 Å². The number of allylic oxidation sites excluding steroid dienone is 2. The number of aliphatic hydroxyl groups excluding tert-OH is 1. The monoisotopic (exact) mass is 882 g/mol. The van der Waals surface area contributed by atoms with Crippen LogP contribution in [0, 0.1) is 22.8 Å². The maximum Gasteiger partial charge on any atom is 0.164 e. The molecule has 1 N–H and O–H groups in total. The molecule has 5 rings (SSSR count). The number of thiophene rings is 1. The minimum atomic E-state index is -0.337. The minimum Gasteiger partial charge on any atom is -0.512 e. The summed E-state index contributed by atoms with van der Waals surface area (Å²) in [5.41, 5.74) is 4.79. The summed E-state index contributed by atoms with van der Waals surface area (Å²) in [5.74, 6) is 0.932. The SMILES string of the molecule is CC(C)Cc1cc2cccc(-c3cc(-c4[c-]c5ccccc5c(C(C)(C)C)c4)ncn3)c2s1.CCC(C)(CC)C(=O)/C=C(\O)C(C)(CC)CC.[Ir]. The number of carbonyl (C=O) groups is 1. The van der Waals surface area contributed by atoms with Gasteiger partial charge in [0.15, 0.2) is 5.78 Å². The van der Waals surface area contributed by atoms with Crippen LogP contribution in [0.15, 0.2) is 78.8 Å². The minimum absolute atomic E-state index is 0. The molecule has 0 saturated carbocycles. The number of aliphatic hydroxyl groups is 1. The van der Waals surface area contributed by atoms with E-state index in [1.54, 1.807) is 6.33 Å². The Bertz CT molecular complexity index is 1960. The van der Waals surface area contributed by atoms with Crippen molar-refractivity contribution < 1.29 is 30.0 Å². The second-order valence-electron chi connectivity index (χ2n) is 15.6. The Labute approximate surface area is 324 Å². The van der Waals surface area contributed by atoms with Crippen molar-refractivity contribution in [2.24, 2.45) is 16.7 Å². The Morgan fingerprint density at radius 1 is 0.843 bits per heavy atom. The van der Waals surface area contributed by atoms with Crippen molar-refractivity contribution in [1.29, 1.82) is 0 Å². The molecule has 0 aliphatic rings. The molecule has 6 heteroatoms. The van der Waals surface area contributed by atoms with Crippen molar-refractivity contribution in [2.75, 3.05) is 0 Å². The van der Waals surface area contributed by atoms with Gasteiger partial charge in [-0.15, -0.1) is 40.5 Å². The van der Waals surface area contributed by atoms with Crippen LogP contribution in [-0.2, 0) is 36.7 Å². The van der Waals surface area contributed by atoms with E-state index in [1.807, 2.05) is 52.9 Å². The Balaban J connectivity index is 0.000000335. The summed E-state index contributed by atoms with van der Waals surface area (Å²) in [7, 11) is 0. The quantitative estimate of drug-likeness (QED) is 0.0815. The van der Waals surface area contributed by atoms with E-state index in [9.17, 15) is 9.90 Å². The van der Waals surface area contributed by atoms with Crippen LogP contribution in [0.5, 0.6) is 0 Å². The van der Waals surface area contributed by atoms with Gasteiger partial charge in [0, 0.05) is 57.8 Å². The smallest absolute Gasteiger partial charge is 0.164 e. The molecule has 0 fully saturated rings. The first-order valence-corrected chi connectivity index (χ1v) is 19.2. The zero-order valence-corrected chi connectivity index (χ0v) is 35.7. The Kier molecular flexibility index (Phi) is 14.5. The van der Waals surface area contributed by atoms with E-state index >= 15 is 0 Å². The predicted octanol–water partition coefficient (Wildman–Crippen LogP) is 13.1. The Hall–Kier alpha value is -3.18. The van der Waals surface area contributed by atoms with Gasteiger partial charge in [0.05, 0.1) is 5.69 Å². The number of nitrogens with zero attached hydrogens (tertiary/aromatic N) is 2. The van der Waals surface area contributed by atoms with Crippen molar-refractivity contribution in [3.8, 4) is 22.5 Å². The molecule has 0 spiro atoms. The number of rotatable bonds is 11. The third kappa shape index (κ3) is 9.83. The maximum atomic E-state index is 12.2. The number of ketones is 1. The molecule has 0 saturated heterocycles. The molecule has 0 aliphatic heterocycles. The van der Waals surface area contributed by atoms with Crippen molar-refractivity contribution in [1.82, 2.24) is 9.97 Å². The van der Waals surface area contributed by atoms with Gasteiger partial charge in [-0.05, 0) is 61.0 Å². The average Bonchev–Trinajstić information content (AvgIpc) is 3.52. The summed E-state index contributed by atoms with van der Waals surface area (Å²) in [6, 6.07) is 25.3. The van der Waals surface area contributed by atoms with Crippen LogP contribution < -0.4 is 0 Å². The third-order valence-electron chi connectivity index (χ3n) is 10.6. The zero-order valence-electron chi connectivity index (χ0n) is 32.5. The first-order chi connectivity index (χ1) is 23.6. The molecule has 0 bridgehead atoms. The molecule has 1 radical (unpaired) electrons. The Morgan fingerprint density at radius 2 is 1.47 bits per heavy atom. The zero-order chi connectivity index (χ0) is 36.9. The average molecular weight is 882 g/mol. The summed E-state index contributed by atoms with van der Waals surface area (Å²) in [6.07, 6.45) is 7.55. The molecule has 0 amide bonds. The summed E-state index contributed by atoms with van der Waals surface area (Å²) < 4.78 is 1.30. The van der Waals surface area contributed by atoms with Gasteiger partial charge >= 0.3 is 0 Å². The standard InChI is InChI=1S/C30H29N2S.C15H28O2.Ir/c1-19(2)13-23-15-21-10-8-12-25(29(21)33-23)28-17-27(31-18-32-28)22-14-20-9-6-7-11-24(20)26(16-22)30(3,4)5;1-7-14(5,8-2)12(16)11-13(17)15(6,9-3)10-4;/h6-12,15-19H,13H2,1-5H3;11,16H,7-10H2,1-6H3;/q-1;;/b;12-11-;. The number of benzene rings is 3. The van der Waals surface area contributed by atoms with E-state index in [2.05, 4.69) is 111 Å². The second kappa shape index (κ2) is 17.6. The molecular weight excluding hydrogens is 825 g/mol. The fraction of sp³-hybridized carbons (Fsp3) is 0.444. The topological polar surface area (TPSA) is 63.1 Å². The van der Waals surface area contributed by atoms with Crippen LogP contribution >= 0.6 is 11.3 Å². The summed E-state index contributed by atoms with van der Waals surface area (Å²) in [4.78, 5) is 22.9. The van der Waals surface area contributed by atoms with Crippen molar-refractivity contribution in [3.05, 3.63) is 95.3 Å². The van der Waals surface area contributed by atoms with Crippen LogP contribution in [0.25, 0.3) is 43.4 Å². The number of hydrogen-bond donors (Lipinski definition) is 1. The van der Waals surface area contributed by atoms with Crippen molar-refractivity contribution >= 4 is 38.0 Å². The largest absolute Gasteiger partial charge is 0.512 e. The Morgan fingerprint density at radius 3 is 2.08 bits per heavy atom. The van der Waals surface area contributed by atoms with Crippen LogP contribution in [-0.4, -0.2) is 20.9 Å². The molecule has 0 unspecified atom stereocenters. The normalized spacial score (nSPS) is 12.5.